The van der Waals surface area contributed by atoms with Crippen LogP contribution in [-0.2, 0) is 11.3 Å². The second-order valence-electron chi connectivity index (χ2n) is 2.30. The molecular weight excluding hydrogens is 174 g/mol. The molecule has 0 aliphatic rings. The Labute approximate surface area is 76.3 Å². The summed E-state index contributed by atoms with van der Waals surface area (Å²) < 4.78 is 6.78. The zero-order valence-corrected chi connectivity index (χ0v) is 7.67. The smallest absolute Gasteiger partial charge is 0.167 e. The van der Waals surface area contributed by atoms with Crippen molar-refractivity contribution >= 4 is 17.2 Å². The number of hydrogen-bond donors (Lipinski definition) is 1. The predicted octanol–water partition coefficient (Wildman–Crippen LogP) is 0.164. The quantitative estimate of drug-likeness (QED) is 0.679. The van der Waals surface area contributed by atoms with Crippen molar-refractivity contribution in [2.45, 2.75) is 6.54 Å². The zero-order chi connectivity index (χ0) is 8.97. The molecule has 0 aliphatic heterocycles. The molecule has 0 aliphatic carbocycles. The van der Waals surface area contributed by atoms with Crippen molar-refractivity contribution in [3.8, 4) is 0 Å². The van der Waals surface area contributed by atoms with E-state index in [1.807, 2.05) is 10.8 Å². The minimum Gasteiger partial charge on any atom is -0.387 e. The van der Waals surface area contributed by atoms with Gasteiger partial charge in [0.1, 0.15) is 4.99 Å². The Morgan fingerprint density at radius 1 is 1.83 bits per heavy atom. The monoisotopic (exact) mass is 185 g/mol. The lowest BCUT2D eigenvalue weighted by Crippen LogP contribution is -2.18. The summed E-state index contributed by atoms with van der Waals surface area (Å²) in [6.07, 6.45) is 3.50. The van der Waals surface area contributed by atoms with Gasteiger partial charge in [0.25, 0.3) is 0 Å². The third kappa shape index (κ3) is 2.02. The molecule has 4 nitrogen and oxygen atoms in total. The molecule has 0 unspecified atom stereocenters. The van der Waals surface area contributed by atoms with Crippen LogP contribution in [0.2, 0.25) is 0 Å². The maximum Gasteiger partial charge on any atom is 0.167 e. The predicted molar refractivity (Wildman–Crippen MR) is 50.0 cm³/mol. The van der Waals surface area contributed by atoms with Gasteiger partial charge in [-0.1, -0.05) is 12.2 Å². The van der Waals surface area contributed by atoms with Gasteiger partial charge in [-0.3, -0.25) is 0 Å². The molecule has 2 N–H and O–H groups in total. The van der Waals surface area contributed by atoms with Crippen molar-refractivity contribution in [3.63, 3.8) is 0 Å². The van der Waals surface area contributed by atoms with E-state index in [0.717, 1.165) is 6.54 Å². The summed E-state index contributed by atoms with van der Waals surface area (Å²) in [5, 5.41) is 0. The van der Waals surface area contributed by atoms with E-state index in [2.05, 4.69) is 4.98 Å². The normalized spacial score (nSPS) is 10.1. The van der Waals surface area contributed by atoms with Crippen molar-refractivity contribution in [2.24, 2.45) is 5.73 Å². The first-order valence-electron chi connectivity index (χ1n) is 3.55. The number of methoxy groups -OCH3 is 1. The highest BCUT2D eigenvalue weighted by atomic mass is 32.1. The lowest BCUT2D eigenvalue weighted by molar-refractivity contribution is 0.187. The van der Waals surface area contributed by atoms with Crippen molar-refractivity contribution in [1.29, 1.82) is 0 Å². The standard InChI is InChI=1S/C7H11N3OS/c1-11-5-4-10-3-2-9-7(10)6(8)12/h2-3H,4-5H2,1H3,(H2,8,12). The first-order chi connectivity index (χ1) is 5.75. The number of nitrogens with two attached hydrogens (primary N) is 1. The van der Waals surface area contributed by atoms with E-state index in [9.17, 15) is 0 Å². The molecule has 0 saturated carbocycles. The number of rotatable bonds is 4. The number of aromatic nitrogens is 2. The Kier molecular flexibility index (Phi) is 3.19. The molecule has 12 heavy (non-hydrogen) atoms. The summed E-state index contributed by atoms with van der Waals surface area (Å²) in [6, 6.07) is 0. The average molecular weight is 185 g/mol. The van der Waals surface area contributed by atoms with E-state index in [0.29, 0.717) is 17.4 Å². The van der Waals surface area contributed by atoms with Gasteiger partial charge in [0.15, 0.2) is 5.82 Å². The summed E-state index contributed by atoms with van der Waals surface area (Å²) in [5.74, 6) is 0.641. The molecule has 1 aromatic rings. The number of ether oxygens (including phenoxy) is 1. The molecule has 0 radical (unpaired) electrons. The van der Waals surface area contributed by atoms with Crippen LogP contribution in [0.3, 0.4) is 0 Å². The summed E-state index contributed by atoms with van der Waals surface area (Å²) >= 11 is 4.81. The van der Waals surface area contributed by atoms with Crippen molar-refractivity contribution in [3.05, 3.63) is 18.2 Å². The van der Waals surface area contributed by atoms with Crippen LogP contribution in [0.25, 0.3) is 0 Å². The number of thiocarbonyl (C=S) groups is 1. The van der Waals surface area contributed by atoms with Crippen LogP contribution < -0.4 is 5.73 Å². The van der Waals surface area contributed by atoms with E-state index >= 15 is 0 Å². The maximum absolute atomic E-state index is 5.44. The first kappa shape index (κ1) is 9.15. The summed E-state index contributed by atoms with van der Waals surface area (Å²) in [5.41, 5.74) is 5.44. The second-order valence-corrected chi connectivity index (χ2v) is 2.74. The molecule has 1 heterocycles. The number of nitrogens with zero attached hydrogens (tertiary/aromatic N) is 2. The molecule has 0 bridgehead atoms. The third-order valence-electron chi connectivity index (χ3n) is 1.47. The van der Waals surface area contributed by atoms with Crippen LogP contribution in [0.1, 0.15) is 5.82 Å². The van der Waals surface area contributed by atoms with Crippen molar-refractivity contribution < 1.29 is 4.74 Å². The topological polar surface area (TPSA) is 53.1 Å². The van der Waals surface area contributed by atoms with Gasteiger partial charge in [-0.15, -0.1) is 0 Å². The SMILES string of the molecule is COCCn1ccnc1C(N)=S. The Morgan fingerprint density at radius 3 is 3.17 bits per heavy atom. The lowest BCUT2D eigenvalue weighted by atomic mass is 10.5. The second kappa shape index (κ2) is 4.18. The molecule has 0 spiro atoms. The van der Waals surface area contributed by atoms with E-state index < -0.39 is 0 Å². The van der Waals surface area contributed by atoms with Gasteiger partial charge in [-0.25, -0.2) is 4.98 Å². The van der Waals surface area contributed by atoms with Crippen LogP contribution in [0.5, 0.6) is 0 Å². The Hall–Kier alpha value is -0.940. The highest BCUT2D eigenvalue weighted by molar-refractivity contribution is 7.80. The van der Waals surface area contributed by atoms with Gasteiger partial charge in [0, 0.05) is 26.0 Å². The van der Waals surface area contributed by atoms with Crippen molar-refractivity contribution in [1.82, 2.24) is 9.55 Å². The fraction of sp³-hybridized carbons (Fsp3) is 0.429. The lowest BCUT2D eigenvalue weighted by Gasteiger charge is -2.04. The molecule has 0 amide bonds. The molecule has 5 heteroatoms. The van der Waals surface area contributed by atoms with Gasteiger partial charge in [0.2, 0.25) is 0 Å². The van der Waals surface area contributed by atoms with E-state index in [1.54, 1.807) is 13.3 Å². The first-order valence-corrected chi connectivity index (χ1v) is 3.96. The highest BCUT2D eigenvalue weighted by Gasteiger charge is 2.03. The number of hydrogen-bond acceptors (Lipinski definition) is 3. The molecule has 0 saturated heterocycles. The molecule has 66 valence electrons. The Morgan fingerprint density at radius 2 is 2.58 bits per heavy atom. The van der Waals surface area contributed by atoms with Crippen LogP contribution in [0, 0.1) is 0 Å². The van der Waals surface area contributed by atoms with Gasteiger partial charge in [-0.05, 0) is 0 Å². The summed E-state index contributed by atoms with van der Waals surface area (Å²) in [6.45, 7) is 1.36. The third-order valence-corrected chi connectivity index (χ3v) is 1.65. The van der Waals surface area contributed by atoms with Crippen molar-refractivity contribution in [2.75, 3.05) is 13.7 Å². The van der Waals surface area contributed by atoms with Crippen LogP contribution >= 0.6 is 12.2 Å². The minimum atomic E-state index is 0.316. The molecular formula is C7H11N3OS. The highest BCUT2D eigenvalue weighted by Crippen LogP contribution is 1.96. The van der Waals surface area contributed by atoms with Gasteiger partial charge < -0.3 is 15.0 Å². The van der Waals surface area contributed by atoms with Gasteiger partial charge >= 0.3 is 0 Å². The fourth-order valence-electron chi connectivity index (χ4n) is 0.904. The van der Waals surface area contributed by atoms with E-state index in [1.165, 1.54) is 0 Å². The maximum atomic E-state index is 5.44. The molecule has 0 atom stereocenters. The van der Waals surface area contributed by atoms with E-state index in [-0.39, 0.29) is 0 Å². The molecule has 0 aromatic carbocycles. The van der Waals surface area contributed by atoms with Crippen LogP contribution in [0.15, 0.2) is 12.4 Å². The minimum absolute atomic E-state index is 0.316. The molecule has 1 rings (SSSR count). The van der Waals surface area contributed by atoms with Gasteiger partial charge in [-0.2, -0.15) is 0 Å². The largest absolute Gasteiger partial charge is 0.387 e. The van der Waals surface area contributed by atoms with E-state index in [4.69, 9.17) is 22.7 Å². The number of imidazole rings is 1. The summed E-state index contributed by atoms with van der Waals surface area (Å²) in [4.78, 5) is 4.33. The van der Waals surface area contributed by atoms with Crippen LogP contribution in [0.4, 0.5) is 0 Å². The van der Waals surface area contributed by atoms with Gasteiger partial charge in [0.05, 0.1) is 6.61 Å². The molecule has 1 aromatic heterocycles. The fourth-order valence-corrected chi connectivity index (χ4v) is 1.07. The Balaban J connectivity index is 2.70. The summed E-state index contributed by atoms with van der Waals surface area (Å²) in [7, 11) is 1.65. The Bertz CT molecular complexity index is 271. The zero-order valence-electron chi connectivity index (χ0n) is 6.86. The average Bonchev–Trinajstić information content (AvgIpc) is 2.48. The van der Waals surface area contributed by atoms with Crippen LogP contribution in [-0.4, -0.2) is 28.3 Å². The molecule has 0 fully saturated rings.